The van der Waals surface area contributed by atoms with Crippen LogP contribution in [0.4, 0.5) is 5.95 Å². The number of nitrogens with two attached hydrogens (primary N) is 1. The zero-order valence-corrected chi connectivity index (χ0v) is 10.4. The molecular formula is C13H17N3O. The minimum atomic E-state index is 0.332. The van der Waals surface area contributed by atoms with Crippen molar-refractivity contribution in [2.24, 2.45) is 5.92 Å². The maximum atomic E-state index is 5.72. The number of hydrogen-bond donors (Lipinski definition) is 1. The van der Waals surface area contributed by atoms with E-state index in [1.54, 1.807) is 7.11 Å². The number of hydrogen-bond acceptors (Lipinski definition) is 4. The average molecular weight is 231 g/mol. The van der Waals surface area contributed by atoms with Gasteiger partial charge >= 0.3 is 0 Å². The first-order valence-electron chi connectivity index (χ1n) is 5.70. The van der Waals surface area contributed by atoms with E-state index in [2.05, 4.69) is 23.8 Å². The Bertz CT molecular complexity index is 537. The number of benzene rings is 1. The Balaban J connectivity index is 2.61. The number of anilines is 1. The van der Waals surface area contributed by atoms with E-state index >= 15 is 0 Å². The molecule has 0 radical (unpaired) electrons. The monoisotopic (exact) mass is 231 g/mol. The Hall–Kier alpha value is -1.84. The maximum Gasteiger partial charge on any atom is 0.220 e. The summed E-state index contributed by atoms with van der Waals surface area (Å²) in [4.78, 5) is 8.56. The van der Waals surface area contributed by atoms with E-state index in [0.29, 0.717) is 11.9 Å². The Morgan fingerprint density at radius 1 is 1.29 bits per heavy atom. The van der Waals surface area contributed by atoms with Crippen LogP contribution < -0.4 is 10.5 Å². The molecular weight excluding hydrogens is 214 g/mol. The van der Waals surface area contributed by atoms with Gasteiger partial charge in [0.25, 0.3) is 0 Å². The van der Waals surface area contributed by atoms with Gasteiger partial charge in [0.1, 0.15) is 5.75 Å². The molecule has 0 unspecified atom stereocenters. The molecule has 1 heterocycles. The first kappa shape index (κ1) is 11.6. The first-order chi connectivity index (χ1) is 8.10. The zero-order valence-electron chi connectivity index (χ0n) is 10.4. The number of ether oxygens (including phenoxy) is 1. The van der Waals surface area contributed by atoms with Gasteiger partial charge in [-0.3, -0.25) is 0 Å². The lowest BCUT2D eigenvalue weighted by molar-refractivity contribution is 0.415. The van der Waals surface area contributed by atoms with Crippen molar-refractivity contribution in [2.45, 2.75) is 20.3 Å². The Kier molecular flexibility index (Phi) is 3.13. The minimum Gasteiger partial charge on any atom is -0.497 e. The van der Waals surface area contributed by atoms with Crippen LogP contribution >= 0.6 is 0 Å². The van der Waals surface area contributed by atoms with Gasteiger partial charge in [-0.05, 0) is 30.5 Å². The standard InChI is InChI=1S/C13H17N3O/c1-8(2)6-12-10-7-9(17-3)4-5-11(10)15-13(14)16-12/h4-5,7-8H,6H2,1-3H3,(H2,14,15,16). The van der Waals surface area contributed by atoms with E-state index in [0.717, 1.165) is 28.8 Å². The average Bonchev–Trinajstić information content (AvgIpc) is 2.27. The highest BCUT2D eigenvalue weighted by atomic mass is 16.5. The van der Waals surface area contributed by atoms with Crippen LogP contribution in [0.2, 0.25) is 0 Å². The van der Waals surface area contributed by atoms with Crippen molar-refractivity contribution in [2.75, 3.05) is 12.8 Å². The SMILES string of the molecule is COc1ccc2nc(N)nc(CC(C)C)c2c1. The molecule has 2 N–H and O–H groups in total. The molecule has 0 saturated heterocycles. The van der Waals surface area contributed by atoms with Gasteiger partial charge in [-0.15, -0.1) is 0 Å². The second kappa shape index (κ2) is 4.57. The molecule has 0 spiro atoms. The number of fused-ring (bicyclic) bond motifs is 1. The largest absolute Gasteiger partial charge is 0.497 e. The van der Waals surface area contributed by atoms with Crippen LogP contribution in [-0.2, 0) is 6.42 Å². The number of nitrogens with zero attached hydrogens (tertiary/aromatic N) is 2. The normalized spacial score (nSPS) is 11.1. The molecule has 2 aromatic rings. The number of nitrogen functional groups attached to an aromatic ring is 1. The molecule has 0 fully saturated rings. The van der Waals surface area contributed by atoms with Crippen molar-refractivity contribution in [3.8, 4) is 5.75 Å². The highest BCUT2D eigenvalue weighted by Crippen LogP contribution is 2.24. The molecule has 1 aromatic carbocycles. The molecule has 90 valence electrons. The Labute approximate surface area is 101 Å². The molecule has 2 rings (SSSR count). The van der Waals surface area contributed by atoms with E-state index in [9.17, 15) is 0 Å². The summed E-state index contributed by atoms with van der Waals surface area (Å²) in [6.07, 6.45) is 0.885. The third-order valence-corrected chi connectivity index (χ3v) is 2.60. The zero-order chi connectivity index (χ0) is 12.4. The molecule has 4 heteroatoms. The lowest BCUT2D eigenvalue weighted by atomic mass is 10.0. The number of rotatable bonds is 3. The molecule has 17 heavy (non-hydrogen) atoms. The van der Waals surface area contributed by atoms with Crippen LogP contribution in [0.1, 0.15) is 19.5 Å². The minimum absolute atomic E-state index is 0.332. The van der Waals surface area contributed by atoms with Gasteiger partial charge in [-0.2, -0.15) is 0 Å². The molecule has 0 aliphatic rings. The fourth-order valence-electron chi connectivity index (χ4n) is 1.86. The highest BCUT2D eigenvalue weighted by molar-refractivity contribution is 5.83. The Morgan fingerprint density at radius 2 is 2.06 bits per heavy atom. The van der Waals surface area contributed by atoms with E-state index in [-0.39, 0.29) is 0 Å². The lowest BCUT2D eigenvalue weighted by Gasteiger charge is -2.09. The fourth-order valence-corrected chi connectivity index (χ4v) is 1.86. The molecule has 0 bridgehead atoms. The van der Waals surface area contributed by atoms with Crippen molar-refractivity contribution in [1.29, 1.82) is 0 Å². The summed E-state index contributed by atoms with van der Waals surface area (Å²) in [7, 11) is 1.65. The fraction of sp³-hybridized carbons (Fsp3) is 0.385. The van der Waals surface area contributed by atoms with Crippen LogP contribution in [0.5, 0.6) is 5.75 Å². The predicted molar refractivity (Wildman–Crippen MR) is 69.0 cm³/mol. The van der Waals surface area contributed by atoms with Crippen LogP contribution in [0.15, 0.2) is 18.2 Å². The molecule has 1 aromatic heterocycles. The van der Waals surface area contributed by atoms with E-state index in [1.807, 2.05) is 18.2 Å². The summed E-state index contributed by atoms with van der Waals surface area (Å²) < 4.78 is 5.23. The van der Waals surface area contributed by atoms with Gasteiger partial charge in [0.05, 0.1) is 18.3 Å². The predicted octanol–water partition coefficient (Wildman–Crippen LogP) is 2.42. The van der Waals surface area contributed by atoms with Crippen LogP contribution in [-0.4, -0.2) is 17.1 Å². The lowest BCUT2D eigenvalue weighted by Crippen LogP contribution is -2.04. The van der Waals surface area contributed by atoms with Crippen molar-refractivity contribution in [1.82, 2.24) is 9.97 Å². The van der Waals surface area contributed by atoms with Gasteiger partial charge in [0.2, 0.25) is 5.95 Å². The summed E-state index contributed by atoms with van der Waals surface area (Å²) in [5, 5.41) is 1.02. The number of methoxy groups -OCH3 is 1. The summed E-state index contributed by atoms with van der Waals surface area (Å²) >= 11 is 0. The highest BCUT2D eigenvalue weighted by Gasteiger charge is 2.09. The van der Waals surface area contributed by atoms with Crippen molar-refractivity contribution < 1.29 is 4.74 Å². The summed E-state index contributed by atoms with van der Waals surface area (Å²) in [6, 6.07) is 5.76. The van der Waals surface area contributed by atoms with Crippen LogP contribution in [0.25, 0.3) is 10.9 Å². The first-order valence-corrected chi connectivity index (χ1v) is 5.70. The number of aromatic nitrogens is 2. The Morgan fingerprint density at radius 3 is 2.71 bits per heavy atom. The third-order valence-electron chi connectivity index (χ3n) is 2.60. The summed E-state index contributed by atoms with van der Waals surface area (Å²) in [5.74, 6) is 1.67. The van der Waals surface area contributed by atoms with E-state index < -0.39 is 0 Å². The second-order valence-corrected chi connectivity index (χ2v) is 4.51. The van der Waals surface area contributed by atoms with Gasteiger partial charge in [0.15, 0.2) is 0 Å². The molecule has 0 aliphatic carbocycles. The molecule has 0 atom stereocenters. The molecule has 0 amide bonds. The smallest absolute Gasteiger partial charge is 0.220 e. The third kappa shape index (κ3) is 2.46. The van der Waals surface area contributed by atoms with Crippen molar-refractivity contribution in [3.63, 3.8) is 0 Å². The molecule has 0 saturated carbocycles. The maximum absolute atomic E-state index is 5.72. The van der Waals surface area contributed by atoms with Crippen molar-refractivity contribution in [3.05, 3.63) is 23.9 Å². The van der Waals surface area contributed by atoms with E-state index in [4.69, 9.17) is 10.5 Å². The van der Waals surface area contributed by atoms with Crippen molar-refractivity contribution >= 4 is 16.9 Å². The van der Waals surface area contributed by atoms with Crippen LogP contribution in [0, 0.1) is 5.92 Å². The quantitative estimate of drug-likeness (QED) is 0.881. The summed E-state index contributed by atoms with van der Waals surface area (Å²) in [5.41, 5.74) is 7.57. The van der Waals surface area contributed by atoms with Gasteiger partial charge in [-0.1, -0.05) is 13.8 Å². The molecule has 4 nitrogen and oxygen atoms in total. The van der Waals surface area contributed by atoms with Gasteiger partial charge < -0.3 is 10.5 Å². The summed E-state index contributed by atoms with van der Waals surface area (Å²) in [6.45, 7) is 4.31. The van der Waals surface area contributed by atoms with Gasteiger partial charge in [-0.25, -0.2) is 9.97 Å². The van der Waals surface area contributed by atoms with Gasteiger partial charge in [0, 0.05) is 5.39 Å². The molecule has 0 aliphatic heterocycles. The van der Waals surface area contributed by atoms with Crippen LogP contribution in [0.3, 0.4) is 0 Å². The van der Waals surface area contributed by atoms with E-state index in [1.165, 1.54) is 0 Å². The second-order valence-electron chi connectivity index (χ2n) is 4.51. The topological polar surface area (TPSA) is 61.0 Å².